The maximum absolute atomic E-state index is 12.7. The summed E-state index contributed by atoms with van der Waals surface area (Å²) in [7, 11) is 0. The number of nitrogen functional groups attached to an aromatic ring is 1. The van der Waals surface area contributed by atoms with Crippen LogP contribution < -0.4 is 16.5 Å². The van der Waals surface area contributed by atoms with Crippen molar-refractivity contribution >= 4 is 23.4 Å². The summed E-state index contributed by atoms with van der Waals surface area (Å²) in [6, 6.07) is 5.68. The topological polar surface area (TPSA) is 92.0 Å². The molecule has 2 aliphatic rings. The zero-order chi connectivity index (χ0) is 24.1. The summed E-state index contributed by atoms with van der Waals surface area (Å²) in [6.45, 7) is 13.4. The smallest absolute Gasteiger partial charge is 0.251 e. The maximum Gasteiger partial charge on any atom is 0.251 e. The van der Waals surface area contributed by atoms with Gasteiger partial charge in [0.25, 0.3) is 5.91 Å². The third kappa shape index (κ3) is 9.18. The molecule has 3 rings (SSSR count). The van der Waals surface area contributed by atoms with E-state index in [2.05, 4.69) is 40.7 Å². The molecule has 2 heterocycles. The first-order chi connectivity index (χ1) is 16.0. The fourth-order valence-electron chi connectivity index (χ4n) is 4.03. The summed E-state index contributed by atoms with van der Waals surface area (Å²) in [4.78, 5) is 15.1. The zero-order valence-corrected chi connectivity index (χ0v) is 20.9. The standard InChI is InChI=1S/C24H37N5O2.C2H6/c1-18-5-3-6-20(15-19(2)28-27-17-18)22-16-21(7-8-23(22)25)24(30)26-9-4-10-29-11-13-31-14-12-29;1-2/h7-8,15-19,28H,3-6,9-14,25H2,1-2H3,(H,26,30);1-2H3/b20-15+,27-17-;. The minimum Gasteiger partial charge on any atom is -0.398 e. The highest BCUT2D eigenvalue weighted by molar-refractivity contribution is 5.96. The molecule has 7 heteroatoms. The lowest BCUT2D eigenvalue weighted by Crippen LogP contribution is -2.38. The molecule has 2 unspecified atom stereocenters. The van der Waals surface area contributed by atoms with Gasteiger partial charge in [-0.2, -0.15) is 5.10 Å². The molecule has 0 spiro atoms. The minimum atomic E-state index is -0.0481. The second-order valence-corrected chi connectivity index (χ2v) is 8.62. The van der Waals surface area contributed by atoms with E-state index in [1.807, 2.05) is 38.3 Å². The van der Waals surface area contributed by atoms with E-state index in [1.165, 1.54) is 5.57 Å². The minimum absolute atomic E-state index is 0.0481. The van der Waals surface area contributed by atoms with Gasteiger partial charge in [-0.1, -0.05) is 26.8 Å². The lowest BCUT2D eigenvalue weighted by atomic mass is 9.93. The molecule has 0 aliphatic carbocycles. The number of anilines is 1. The molecular formula is C26H43N5O2. The van der Waals surface area contributed by atoms with Crippen molar-refractivity contribution in [2.24, 2.45) is 11.0 Å². The van der Waals surface area contributed by atoms with E-state index in [0.29, 0.717) is 23.7 Å². The number of nitrogens with one attached hydrogen (secondary N) is 2. The van der Waals surface area contributed by atoms with Crippen molar-refractivity contribution < 1.29 is 9.53 Å². The fraction of sp³-hybridized carbons (Fsp3) is 0.615. The predicted octanol–water partition coefficient (Wildman–Crippen LogP) is 3.91. The quantitative estimate of drug-likeness (QED) is 0.445. The number of carbonyl (C=O) groups is 1. The van der Waals surface area contributed by atoms with Crippen LogP contribution in [0.15, 0.2) is 29.4 Å². The third-order valence-electron chi connectivity index (χ3n) is 5.87. The molecule has 0 saturated carbocycles. The molecule has 0 bridgehead atoms. The molecule has 1 fully saturated rings. The van der Waals surface area contributed by atoms with Crippen molar-refractivity contribution in [3.63, 3.8) is 0 Å². The van der Waals surface area contributed by atoms with E-state index in [9.17, 15) is 4.79 Å². The van der Waals surface area contributed by atoms with Gasteiger partial charge in [-0.25, -0.2) is 0 Å². The Labute approximate surface area is 199 Å². The van der Waals surface area contributed by atoms with E-state index in [1.54, 1.807) is 0 Å². The highest BCUT2D eigenvalue weighted by Crippen LogP contribution is 2.29. The van der Waals surface area contributed by atoms with Gasteiger partial charge < -0.3 is 21.2 Å². The average Bonchev–Trinajstić information content (AvgIpc) is 2.83. The highest BCUT2D eigenvalue weighted by atomic mass is 16.5. The fourth-order valence-corrected chi connectivity index (χ4v) is 4.03. The lowest BCUT2D eigenvalue weighted by molar-refractivity contribution is 0.0374. The number of ether oxygens (including phenoxy) is 1. The number of hydrogen-bond acceptors (Lipinski definition) is 6. The van der Waals surface area contributed by atoms with Crippen LogP contribution in [0.1, 0.15) is 69.3 Å². The summed E-state index contributed by atoms with van der Waals surface area (Å²) in [5, 5.41) is 7.40. The van der Waals surface area contributed by atoms with Crippen molar-refractivity contribution in [2.45, 2.75) is 59.4 Å². The van der Waals surface area contributed by atoms with E-state index in [0.717, 1.165) is 64.1 Å². The SMILES string of the molecule is CC.CC1/C=N\NC(C)/C=C(/c2cc(C(=O)NCCCN3CCOCC3)ccc2N)CCC1. The summed E-state index contributed by atoms with van der Waals surface area (Å²) in [6.07, 6.45) is 8.14. The monoisotopic (exact) mass is 457 g/mol. The maximum atomic E-state index is 12.7. The number of hydrazone groups is 1. The van der Waals surface area contributed by atoms with Crippen molar-refractivity contribution in [3.05, 3.63) is 35.4 Å². The molecule has 33 heavy (non-hydrogen) atoms. The molecule has 1 aromatic carbocycles. The van der Waals surface area contributed by atoms with Crippen LogP contribution in [-0.4, -0.2) is 62.5 Å². The molecule has 2 atom stereocenters. The number of benzene rings is 1. The van der Waals surface area contributed by atoms with Crippen LogP contribution in [-0.2, 0) is 4.74 Å². The number of carbonyl (C=O) groups excluding carboxylic acids is 1. The predicted molar refractivity (Wildman–Crippen MR) is 138 cm³/mol. The van der Waals surface area contributed by atoms with Gasteiger partial charge in [-0.3, -0.25) is 9.69 Å². The molecule has 1 aromatic rings. The Morgan fingerprint density at radius 2 is 2.03 bits per heavy atom. The van der Waals surface area contributed by atoms with Crippen molar-refractivity contribution in [2.75, 3.05) is 45.1 Å². The van der Waals surface area contributed by atoms with Crippen LogP contribution in [0.5, 0.6) is 0 Å². The molecule has 7 nitrogen and oxygen atoms in total. The molecule has 4 N–H and O–H groups in total. The first-order valence-electron chi connectivity index (χ1n) is 12.5. The highest BCUT2D eigenvalue weighted by Gasteiger charge is 2.14. The number of morpholine rings is 1. The van der Waals surface area contributed by atoms with Crippen molar-refractivity contribution in [1.29, 1.82) is 0 Å². The zero-order valence-electron chi connectivity index (χ0n) is 20.9. The molecule has 0 radical (unpaired) electrons. The van der Waals surface area contributed by atoms with Gasteiger partial charge in [-0.05, 0) is 68.8 Å². The molecule has 1 saturated heterocycles. The Hall–Kier alpha value is -2.38. The van der Waals surface area contributed by atoms with Crippen LogP contribution in [0.25, 0.3) is 5.57 Å². The first-order valence-corrected chi connectivity index (χ1v) is 12.5. The third-order valence-corrected chi connectivity index (χ3v) is 5.87. The number of nitrogens with zero attached hydrogens (tertiary/aromatic N) is 2. The van der Waals surface area contributed by atoms with Crippen LogP contribution in [0.3, 0.4) is 0 Å². The number of hydrogen-bond donors (Lipinski definition) is 3. The Kier molecular flexibility index (Phi) is 12.0. The van der Waals surface area contributed by atoms with Crippen LogP contribution >= 0.6 is 0 Å². The van der Waals surface area contributed by atoms with Crippen LogP contribution in [0.4, 0.5) is 5.69 Å². The van der Waals surface area contributed by atoms with Gasteiger partial charge in [0, 0.05) is 42.7 Å². The van der Waals surface area contributed by atoms with Gasteiger partial charge in [0.15, 0.2) is 0 Å². The second-order valence-electron chi connectivity index (χ2n) is 8.62. The summed E-state index contributed by atoms with van der Waals surface area (Å²) < 4.78 is 5.38. The summed E-state index contributed by atoms with van der Waals surface area (Å²) in [5.41, 5.74) is 13.0. The Bertz CT molecular complexity index is 787. The van der Waals surface area contributed by atoms with Crippen LogP contribution in [0, 0.1) is 5.92 Å². The molecule has 0 aromatic heterocycles. The van der Waals surface area contributed by atoms with Gasteiger partial charge >= 0.3 is 0 Å². The number of allylic oxidation sites excluding steroid dienone is 1. The largest absolute Gasteiger partial charge is 0.398 e. The Morgan fingerprint density at radius 3 is 2.79 bits per heavy atom. The second kappa shape index (κ2) is 14.7. The van der Waals surface area contributed by atoms with Gasteiger partial charge in [-0.15, -0.1) is 0 Å². The summed E-state index contributed by atoms with van der Waals surface area (Å²) in [5.74, 6) is 0.388. The lowest BCUT2D eigenvalue weighted by Gasteiger charge is -2.26. The van der Waals surface area contributed by atoms with Gasteiger partial charge in [0.2, 0.25) is 0 Å². The van der Waals surface area contributed by atoms with Gasteiger partial charge in [0.05, 0.1) is 19.3 Å². The number of nitrogens with two attached hydrogens (primary N) is 1. The van der Waals surface area contributed by atoms with E-state index in [4.69, 9.17) is 10.5 Å². The number of amides is 1. The number of rotatable bonds is 6. The van der Waals surface area contributed by atoms with E-state index >= 15 is 0 Å². The normalized spacial score (nSPS) is 24.3. The van der Waals surface area contributed by atoms with Crippen LogP contribution in [0.2, 0.25) is 0 Å². The molecule has 184 valence electrons. The average molecular weight is 458 g/mol. The van der Waals surface area contributed by atoms with E-state index < -0.39 is 0 Å². The Balaban J connectivity index is 0.00000187. The van der Waals surface area contributed by atoms with Crippen molar-refractivity contribution in [1.82, 2.24) is 15.6 Å². The molecule has 2 aliphatic heterocycles. The van der Waals surface area contributed by atoms with Crippen molar-refractivity contribution in [3.8, 4) is 0 Å². The molecule has 1 amide bonds. The van der Waals surface area contributed by atoms with Gasteiger partial charge in [0.1, 0.15) is 0 Å². The van der Waals surface area contributed by atoms with E-state index in [-0.39, 0.29) is 11.9 Å². The Morgan fingerprint density at radius 1 is 1.27 bits per heavy atom. The molecular weight excluding hydrogens is 414 g/mol. The first kappa shape index (κ1) is 26.9. The summed E-state index contributed by atoms with van der Waals surface area (Å²) >= 11 is 0.